The Bertz CT molecular complexity index is 537. The Morgan fingerprint density at radius 1 is 1.22 bits per heavy atom. The van der Waals surface area contributed by atoms with Gasteiger partial charge in [0, 0.05) is 19.1 Å². The van der Waals surface area contributed by atoms with E-state index in [1.54, 1.807) is 0 Å². The maximum atomic E-state index is 11.2. The van der Waals surface area contributed by atoms with E-state index in [0.717, 1.165) is 37.7 Å². The van der Waals surface area contributed by atoms with E-state index in [1.165, 1.54) is 12.5 Å². The molecule has 23 heavy (non-hydrogen) atoms. The smallest absolute Gasteiger partial charge is 0.303 e. The summed E-state index contributed by atoms with van der Waals surface area (Å²) in [7, 11) is 0. The van der Waals surface area contributed by atoms with Crippen LogP contribution in [0.25, 0.3) is 0 Å². The summed E-state index contributed by atoms with van der Waals surface area (Å²) in [6, 6.07) is 9.67. The first-order valence-corrected chi connectivity index (χ1v) is 8.13. The van der Waals surface area contributed by atoms with Gasteiger partial charge in [-0.3, -0.25) is 4.79 Å². The van der Waals surface area contributed by atoms with Gasteiger partial charge >= 0.3 is 5.97 Å². The van der Waals surface area contributed by atoms with E-state index in [2.05, 4.69) is 18.4 Å². The Hall–Kier alpha value is -2.05. The third kappa shape index (κ3) is 9.55. The van der Waals surface area contributed by atoms with Crippen LogP contribution in [0.3, 0.4) is 0 Å². The van der Waals surface area contributed by atoms with Crippen molar-refractivity contribution in [2.24, 2.45) is 0 Å². The molecule has 1 unspecified atom stereocenters. The van der Waals surface area contributed by atoms with Crippen LogP contribution < -0.4 is 0 Å². The highest BCUT2D eigenvalue weighted by Gasteiger charge is 2.08. The molecular formula is C20H26O3. The summed E-state index contributed by atoms with van der Waals surface area (Å²) in [6.45, 7) is 5.69. The second-order valence-corrected chi connectivity index (χ2v) is 5.56. The number of rotatable bonds is 9. The zero-order valence-electron chi connectivity index (χ0n) is 13.9. The largest absolute Gasteiger partial charge is 0.449 e. The average molecular weight is 314 g/mol. The number of carbonyl (C=O) groups excluding carboxylic acids is 1. The van der Waals surface area contributed by atoms with E-state index in [9.17, 15) is 4.79 Å². The van der Waals surface area contributed by atoms with Gasteiger partial charge in [-0.15, -0.1) is 0 Å². The van der Waals surface area contributed by atoms with Crippen LogP contribution in [0.4, 0.5) is 0 Å². The number of hydrogen-bond acceptors (Lipinski definition) is 3. The van der Waals surface area contributed by atoms with Crippen LogP contribution in [-0.2, 0) is 9.53 Å². The SMILES string of the molecule is C=C(CCCCO)CCCC(C#Cc1ccccc1)OC(C)=O. The molecule has 0 heterocycles. The van der Waals surface area contributed by atoms with E-state index in [-0.39, 0.29) is 18.7 Å². The molecule has 1 atom stereocenters. The molecule has 1 N–H and O–H groups in total. The van der Waals surface area contributed by atoms with Gasteiger partial charge in [0.25, 0.3) is 0 Å². The Balaban J connectivity index is 2.44. The highest BCUT2D eigenvalue weighted by atomic mass is 16.5. The normalized spacial score (nSPS) is 11.2. The van der Waals surface area contributed by atoms with Crippen LogP contribution in [0.5, 0.6) is 0 Å². The van der Waals surface area contributed by atoms with Crippen LogP contribution in [0.2, 0.25) is 0 Å². The quantitative estimate of drug-likeness (QED) is 0.326. The highest BCUT2D eigenvalue weighted by Crippen LogP contribution is 2.15. The number of carbonyl (C=O) groups is 1. The summed E-state index contributed by atoms with van der Waals surface area (Å²) in [5.41, 5.74) is 2.09. The van der Waals surface area contributed by atoms with Crippen molar-refractivity contribution < 1.29 is 14.6 Å². The van der Waals surface area contributed by atoms with Crippen molar-refractivity contribution >= 4 is 5.97 Å². The monoisotopic (exact) mass is 314 g/mol. The molecule has 1 rings (SSSR count). The molecule has 0 saturated carbocycles. The molecule has 0 aromatic heterocycles. The zero-order valence-corrected chi connectivity index (χ0v) is 13.9. The molecule has 124 valence electrons. The summed E-state index contributed by atoms with van der Waals surface area (Å²) in [6.07, 6.45) is 4.84. The minimum absolute atomic E-state index is 0.233. The molecule has 0 bridgehead atoms. The molecule has 0 aliphatic rings. The first-order valence-electron chi connectivity index (χ1n) is 8.13. The Morgan fingerprint density at radius 3 is 2.57 bits per heavy atom. The standard InChI is InChI=1S/C20H26O3/c1-17(9-6-7-16-21)10-8-13-20(23-18(2)22)15-14-19-11-4-3-5-12-19/h3-5,11-12,20-21H,1,6-10,13,16H2,2H3. The Kier molecular flexibility index (Phi) is 9.51. The summed E-state index contributed by atoms with van der Waals surface area (Å²) >= 11 is 0. The molecule has 1 aromatic carbocycles. The fraction of sp³-hybridized carbons (Fsp3) is 0.450. The lowest BCUT2D eigenvalue weighted by Crippen LogP contribution is -2.14. The number of unbranched alkanes of at least 4 members (excludes halogenated alkanes) is 1. The summed E-state index contributed by atoms with van der Waals surface area (Å²) < 4.78 is 5.28. The Labute approximate surface area is 139 Å². The second-order valence-electron chi connectivity index (χ2n) is 5.56. The molecule has 3 nitrogen and oxygen atoms in total. The summed E-state index contributed by atoms with van der Waals surface area (Å²) in [5, 5.41) is 8.77. The molecule has 0 aliphatic heterocycles. The van der Waals surface area contributed by atoms with E-state index in [1.807, 2.05) is 30.3 Å². The lowest BCUT2D eigenvalue weighted by molar-refractivity contribution is -0.143. The van der Waals surface area contributed by atoms with Crippen LogP contribution in [-0.4, -0.2) is 23.8 Å². The van der Waals surface area contributed by atoms with Crippen molar-refractivity contribution in [3.8, 4) is 11.8 Å². The fourth-order valence-corrected chi connectivity index (χ4v) is 2.20. The number of aliphatic hydroxyl groups is 1. The van der Waals surface area contributed by atoms with Gasteiger partial charge in [0.15, 0.2) is 6.10 Å². The predicted molar refractivity (Wildman–Crippen MR) is 92.8 cm³/mol. The third-order valence-corrected chi connectivity index (χ3v) is 3.39. The van der Waals surface area contributed by atoms with E-state index < -0.39 is 0 Å². The van der Waals surface area contributed by atoms with Crippen LogP contribution in [0, 0.1) is 11.8 Å². The number of allylic oxidation sites excluding steroid dienone is 1. The van der Waals surface area contributed by atoms with Gasteiger partial charge in [-0.1, -0.05) is 42.2 Å². The predicted octanol–water partition coefficient (Wildman–Crippen LogP) is 3.86. The van der Waals surface area contributed by atoms with E-state index >= 15 is 0 Å². The number of hydrogen-bond donors (Lipinski definition) is 1. The summed E-state index contributed by atoms with van der Waals surface area (Å²) in [5.74, 6) is 5.78. The van der Waals surface area contributed by atoms with Gasteiger partial charge in [-0.25, -0.2) is 0 Å². The van der Waals surface area contributed by atoms with E-state index in [0.29, 0.717) is 6.42 Å². The lowest BCUT2D eigenvalue weighted by Gasteiger charge is -2.11. The average Bonchev–Trinajstić information content (AvgIpc) is 2.53. The second kappa shape index (κ2) is 11.5. The van der Waals surface area contributed by atoms with Gasteiger partial charge in [-0.2, -0.15) is 0 Å². The number of esters is 1. The van der Waals surface area contributed by atoms with Crippen LogP contribution in [0.1, 0.15) is 51.0 Å². The first-order chi connectivity index (χ1) is 11.1. The molecule has 1 aromatic rings. The van der Waals surface area contributed by atoms with Crippen LogP contribution in [0.15, 0.2) is 42.5 Å². The molecule has 3 heteroatoms. The van der Waals surface area contributed by atoms with Gasteiger partial charge < -0.3 is 9.84 Å². The molecule has 0 fully saturated rings. The number of benzene rings is 1. The first kappa shape index (κ1) is 19.0. The molecular weight excluding hydrogens is 288 g/mol. The fourth-order valence-electron chi connectivity index (χ4n) is 2.20. The minimum Gasteiger partial charge on any atom is -0.449 e. The van der Waals surface area contributed by atoms with Crippen molar-refractivity contribution in [3.05, 3.63) is 48.0 Å². The molecule has 0 saturated heterocycles. The van der Waals surface area contributed by atoms with Crippen molar-refractivity contribution in [1.82, 2.24) is 0 Å². The molecule has 0 aliphatic carbocycles. The maximum absolute atomic E-state index is 11.2. The van der Waals surface area contributed by atoms with Crippen molar-refractivity contribution in [3.63, 3.8) is 0 Å². The van der Waals surface area contributed by atoms with E-state index in [4.69, 9.17) is 9.84 Å². The maximum Gasteiger partial charge on any atom is 0.303 e. The van der Waals surface area contributed by atoms with Gasteiger partial charge in [-0.05, 0) is 50.7 Å². The number of aliphatic hydroxyl groups excluding tert-OH is 1. The summed E-state index contributed by atoms with van der Waals surface area (Å²) in [4.78, 5) is 11.2. The zero-order chi connectivity index (χ0) is 16.9. The highest BCUT2D eigenvalue weighted by molar-refractivity contribution is 5.66. The minimum atomic E-state index is -0.377. The molecule has 0 radical (unpaired) electrons. The van der Waals surface area contributed by atoms with Crippen molar-refractivity contribution in [2.45, 2.75) is 51.6 Å². The molecule has 0 spiro atoms. The topological polar surface area (TPSA) is 46.5 Å². The van der Waals surface area contributed by atoms with Gasteiger partial charge in [0.2, 0.25) is 0 Å². The van der Waals surface area contributed by atoms with Crippen LogP contribution >= 0.6 is 0 Å². The lowest BCUT2D eigenvalue weighted by atomic mass is 10.0. The van der Waals surface area contributed by atoms with Gasteiger partial charge in [0.05, 0.1) is 0 Å². The number of ether oxygens (including phenoxy) is 1. The van der Waals surface area contributed by atoms with Crippen molar-refractivity contribution in [1.29, 1.82) is 0 Å². The van der Waals surface area contributed by atoms with Gasteiger partial charge in [0.1, 0.15) is 0 Å². The Morgan fingerprint density at radius 2 is 1.91 bits per heavy atom. The van der Waals surface area contributed by atoms with Crippen molar-refractivity contribution in [2.75, 3.05) is 6.61 Å². The molecule has 0 amide bonds. The third-order valence-electron chi connectivity index (χ3n) is 3.39.